The first kappa shape index (κ1) is 24.7. The molecule has 0 spiro atoms. The smallest absolute Gasteiger partial charge is 0.225 e. The molecule has 2 aromatic heterocycles. The highest BCUT2D eigenvalue weighted by atomic mass is 16.5. The summed E-state index contributed by atoms with van der Waals surface area (Å²) in [6.45, 7) is 10.6. The molecule has 1 amide bonds. The number of nitrogens with one attached hydrogen (secondary N) is 1. The first-order chi connectivity index (χ1) is 17.9. The van der Waals surface area contributed by atoms with Gasteiger partial charge in [0, 0.05) is 19.6 Å². The van der Waals surface area contributed by atoms with Crippen molar-refractivity contribution < 1.29 is 9.53 Å². The molecule has 0 radical (unpaired) electrons. The van der Waals surface area contributed by atoms with E-state index in [1.807, 2.05) is 42.8 Å². The minimum absolute atomic E-state index is 0.0660. The van der Waals surface area contributed by atoms with E-state index in [0.717, 1.165) is 64.5 Å². The maximum Gasteiger partial charge on any atom is 0.225 e. The van der Waals surface area contributed by atoms with Crippen molar-refractivity contribution in [1.29, 1.82) is 0 Å². The number of anilines is 1. The van der Waals surface area contributed by atoms with Crippen molar-refractivity contribution >= 4 is 22.6 Å². The van der Waals surface area contributed by atoms with Crippen LogP contribution in [0.3, 0.4) is 0 Å². The molecule has 1 N–H and O–H groups in total. The Hall–Kier alpha value is -3.94. The molecule has 3 heterocycles. The number of hydrogen-bond donors (Lipinski definition) is 1. The summed E-state index contributed by atoms with van der Waals surface area (Å²) in [4.78, 5) is 15.3. The van der Waals surface area contributed by atoms with Crippen LogP contribution in [0.1, 0.15) is 42.3 Å². The van der Waals surface area contributed by atoms with Crippen molar-refractivity contribution in [2.45, 2.75) is 47.1 Å². The van der Waals surface area contributed by atoms with Gasteiger partial charge in [-0.05, 0) is 70.4 Å². The maximum atomic E-state index is 13.1. The van der Waals surface area contributed by atoms with Crippen molar-refractivity contribution in [1.82, 2.24) is 25.3 Å². The second-order valence-electron chi connectivity index (χ2n) is 9.75. The quantitative estimate of drug-likeness (QED) is 0.399. The third-order valence-corrected chi connectivity index (χ3v) is 7.06. The van der Waals surface area contributed by atoms with Crippen LogP contribution in [0.15, 0.2) is 48.5 Å². The number of rotatable bonds is 7. The first-order valence-corrected chi connectivity index (χ1v) is 13.0. The summed E-state index contributed by atoms with van der Waals surface area (Å²) in [5, 5.41) is 18.1. The molecule has 5 rings (SSSR count). The highest BCUT2D eigenvalue weighted by Crippen LogP contribution is 2.31. The predicted octanol–water partition coefficient (Wildman–Crippen LogP) is 4.67. The highest BCUT2D eigenvalue weighted by Gasteiger charge is 2.29. The van der Waals surface area contributed by atoms with E-state index in [1.54, 1.807) is 0 Å². The van der Waals surface area contributed by atoms with Crippen molar-refractivity contribution in [3.05, 3.63) is 71.0 Å². The molecule has 0 bridgehead atoms. The number of piperidine rings is 1. The van der Waals surface area contributed by atoms with Crippen molar-refractivity contribution in [3.63, 3.8) is 0 Å². The van der Waals surface area contributed by atoms with E-state index < -0.39 is 0 Å². The third kappa shape index (κ3) is 5.14. The molecular formula is C29H34N6O2. The summed E-state index contributed by atoms with van der Waals surface area (Å²) in [5.41, 5.74) is 5.99. The van der Waals surface area contributed by atoms with Crippen LogP contribution in [0.4, 0.5) is 5.82 Å². The standard InChI is InChI=1S/C29H34N6O2/c1-5-37-25-14-10-22(11-15-25)17-30-29(36)23-7-6-16-34(18-23)28-27-26(20(3)31-32-28)21(4)35(33-27)24-12-8-19(2)9-13-24/h8-15,23H,5-7,16-18H2,1-4H3,(H,30,36)/t23-/m1/s1. The van der Waals surface area contributed by atoms with Crippen molar-refractivity contribution in [2.24, 2.45) is 5.92 Å². The zero-order chi connectivity index (χ0) is 25.9. The average molecular weight is 499 g/mol. The highest BCUT2D eigenvalue weighted by molar-refractivity contribution is 5.92. The van der Waals surface area contributed by atoms with Crippen LogP contribution < -0.4 is 15.0 Å². The molecule has 4 aromatic rings. The number of nitrogens with zero attached hydrogens (tertiary/aromatic N) is 5. The van der Waals surface area contributed by atoms with E-state index >= 15 is 0 Å². The van der Waals surface area contributed by atoms with Crippen LogP contribution >= 0.6 is 0 Å². The van der Waals surface area contributed by atoms with Crippen LogP contribution in [0.5, 0.6) is 5.75 Å². The minimum atomic E-state index is -0.116. The van der Waals surface area contributed by atoms with Gasteiger partial charge in [-0.15, -0.1) is 5.10 Å². The summed E-state index contributed by atoms with van der Waals surface area (Å²) in [6.07, 6.45) is 1.76. The fourth-order valence-electron chi connectivity index (χ4n) is 5.05. The van der Waals surface area contributed by atoms with Gasteiger partial charge < -0.3 is 15.0 Å². The van der Waals surface area contributed by atoms with Crippen LogP contribution in [0.25, 0.3) is 16.6 Å². The SMILES string of the molecule is CCOc1ccc(CNC(=O)[C@@H]2CCCN(c3nnc(C)c4c(C)n(-c5ccc(C)cc5)nc34)C2)cc1. The van der Waals surface area contributed by atoms with Crippen molar-refractivity contribution in [3.8, 4) is 11.4 Å². The zero-order valence-corrected chi connectivity index (χ0v) is 22.0. The van der Waals surface area contributed by atoms with Crippen LogP contribution in [0.2, 0.25) is 0 Å². The van der Waals surface area contributed by atoms with Crippen LogP contribution in [-0.4, -0.2) is 45.6 Å². The molecule has 1 saturated heterocycles. The lowest BCUT2D eigenvalue weighted by Crippen LogP contribution is -2.43. The van der Waals surface area contributed by atoms with Gasteiger partial charge in [0.1, 0.15) is 11.3 Å². The van der Waals surface area contributed by atoms with E-state index in [4.69, 9.17) is 9.84 Å². The normalized spacial score (nSPS) is 15.7. The molecule has 8 heteroatoms. The molecule has 1 fully saturated rings. The van der Waals surface area contributed by atoms with Crippen LogP contribution in [0, 0.1) is 26.7 Å². The number of carbonyl (C=O) groups is 1. The number of hydrogen-bond acceptors (Lipinski definition) is 6. The van der Waals surface area contributed by atoms with Gasteiger partial charge in [-0.3, -0.25) is 4.79 Å². The molecule has 1 aliphatic heterocycles. The Kier molecular flexibility index (Phi) is 7.08. The number of ether oxygens (including phenoxy) is 1. The van der Waals surface area contributed by atoms with Gasteiger partial charge in [0.25, 0.3) is 0 Å². The number of carbonyl (C=O) groups excluding carboxylic acids is 1. The van der Waals surface area contributed by atoms with Gasteiger partial charge in [-0.25, -0.2) is 4.68 Å². The molecule has 0 saturated carbocycles. The lowest BCUT2D eigenvalue weighted by Gasteiger charge is -2.32. The van der Waals surface area contributed by atoms with Crippen molar-refractivity contribution in [2.75, 3.05) is 24.6 Å². The van der Waals surface area contributed by atoms with E-state index in [9.17, 15) is 4.79 Å². The maximum absolute atomic E-state index is 13.1. The fourth-order valence-corrected chi connectivity index (χ4v) is 5.05. The Morgan fingerprint density at radius 2 is 1.81 bits per heavy atom. The number of amides is 1. The van der Waals surface area contributed by atoms with Gasteiger partial charge in [0.2, 0.25) is 5.91 Å². The molecule has 1 aliphatic rings. The second-order valence-corrected chi connectivity index (χ2v) is 9.75. The van der Waals surface area contributed by atoms with E-state index in [0.29, 0.717) is 19.7 Å². The summed E-state index contributed by atoms with van der Waals surface area (Å²) >= 11 is 0. The van der Waals surface area contributed by atoms with Gasteiger partial charge in [-0.2, -0.15) is 10.2 Å². The summed E-state index contributed by atoms with van der Waals surface area (Å²) < 4.78 is 7.47. The zero-order valence-electron chi connectivity index (χ0n) is 22.0. The summed E-state index contributed by atoms with van der Waals surface area (Å²) in [7, 11) is 0. The first-order valence-electron chi connectivity index (χ1n) is 13.0. The molecular weight excluding hydrogens is 464 g/mol. The fraction of sp³-hybridized carbons (Fsp3) is 0.379. The molecule has 192 valence electrons. The van der Waals surface area contributed by atoms with E-state index in [1.165, 1.54) is 5.56 Å². The molecule has 1 atom stereocenters. The topological polar surface area (TPSA) is 85.2 Å². The largest absolute Gasteiger partial charge is 0.494 e. The average Bonchev–Trinajstić information content (AvgIpc) is 3.27. The number of fused-ring (bicyclic) bond motifs is 1. The molecule has 0 aliphatic carbocycles. The Morgan fingerprint density at radius 1 is 1.05 bits per heavy atom. The molecule has 8 nitrogen and oxygen atoms in total. The molecule has 2 aromatic carbocycles. The second kappa shape index (κ2) is 10.6. The Bertz CT molecular complexity index is 1390. The Balaban J connectivity index is 1.34. The van der Waals surface area contributed by atoms with Gasteiger partial charge >= 0.3 is 0 Å². The van der Waals surface area contributed by atoms with Gasteiger partial charge in [0.15, 0.2) is 5.82 Å². The van der Waals surface area contributed by atoms with Gasteiger partial charge in [-0.1, -0.05) is 29.8 Å². The monoisotopic (exact) mass is 498 g/mol. The lowest BCUT2D eigenvalue weighted by molar-refractivity contribution is -0.125. The lowest BCUT2D eigenvalue weighted by atomic mass is 9.97. The molecule has 0 unspecified atom stereocenters. The van der Waals surface area contributed by atoms with Gasteiger partial charge in [0.05, 0.1) is 35.0 Å². The Morgan fingerprint density at radius 3 is 2.54 bits per heavy atom. The Labute approximate surface area is 217 Å². The van der Waals surface area contributed by atoms with E-state index in [2.05, 4.69) is 58.5 Å². The number of aryl methyl sites for hydroxylation is 3. The molecule has 37 heavy (non-hydrogen) atoms. The predicted molar refractivity (Wildman–Crippen MR) is 145 cm³/mol. The summed E-state index contributed by atoms with van der Waals surface area (Å²) in [5.74, 6) is 1.54. The van der Waals surface area contributed by atoms with E-state index in [-0.39, 0.29) is 11.8 Å². The van der Waals surface area contributed by atoms with Crippen LogP contribution in [-0.2, 0) is 11.3 Å². The number of benzene rings is 2. The third-order valence-electron chi connectivity index (χ3n) is 7.06. The minimum Gasteiger partial charge on any atom is -0.494 e. The number of aromatic nitrogens is 4. The summed E-state index contributed by atoms with van der Waals surface area (Å²) in [6, 6.07) is 16.2.